The fourth-order valence-corrected chi connectivity index (χ4v) is 4.16. The van der Waals surface area contributed by atoms with Gasteiger partial charge in [-0.2, -0.15) is 0 Å². The van der Waals surface area contributed by atoms with Crippen molar-refractivity contribution in [3.05, 3.63) is 83.9 Å². The van der Waals surface area contributed by atoms with Crippen LogP contribution in [0.4, 0.5) is 10.5 Å². The van der Waals surface area contributed by atoms with Gasteiger partial charge in [0.1, 0.15) is 11.9 Å². The number of carbonyl (C=O) groups excluding carboxylic acids is 2. The molecule has 1 aliphatic rings. The number of amides is 3. The van der Waals surface area contributed by atoms with E-state index in [1.165, 1.54) is 0 Å². The van der Waals surface area contributed by atoms with Crippen molar-refractivity contribution in [2.75, 3.05) is 18.4 Å². The average Bonchev–Trinajstić information content (AvgIpc) is 3.23. The molecule has 0 radical (unpaired) electrons. The van der Waals surface area contributed by atoms with Crippen molar-refractivity contribution >= 4 is 17.6 Å². The molecule has 32 heavy (non-hydrogen) atoms. The Labute approximate surface area is 188 Å². The van der Waals surface area contributed by atoms with Crippen LogP contribution >= 0.6 is 0 Å². The number of likely N-dealkylation sites (tertiary alicyclic amines) is 1. The largest absolute Gasteiger partial charge is 0.342 e. The molecule has 2 aromatic carbocycles. The van der Waals surface area contributed by atoms with Crippen molar-refractivity contribution in [1.82, 2.24) is 19.8 Å². The van der Waals surface area contributed by atoms with E-state index in [2.05, 4.69) is 15.6 Å². The van der Waals surface area contributed by atoms with Gasteiger partial charge in [0.2, 0.25) is 5.91 Å². The molecule has 3 amide bonds. The molecule has 2 heterocycles. The SMILES string of the molecule is Cc1cccc(NC(=O)N2CCCC(C(=O)NC(c3ccccc3)c3nccn3C)C2)c1. The van der Waals surface area contributed by atoms with Crippen molar-refractivity contribution in [2.45, 2.75) is 25.8 Å². The Morgan fingerprint density at radius 3 is 2.66 bits per heavy atom. The minimum atomic E-state index is -0.347. The second kappa shape index (κ2) is 9.68. The molecule has 7 nitrogen and oxygen atoms in total. The summed E-state index contributed by atoms with van der Waals surface area (Å²) >= 11 is 0. The molecular formula is C25H29N5O2. The van der Waals surface area contributed by atoms with Gasteiger partial charge < -0.3 is 20.1 Å². The van der Waals surface area contributed by atoms with E-state index in [-0.39, 0.29) is 23.9 Å². The van der Waals surface area contributed by atoms with Crippen LogP contribution in [0.15, 0.2) is 67.0 Å². The number of imidazole rings is 1. The Bertz CT molecular complexity index is 1080. The summed E-state index contributed by atoms with van der Waals surface area (Å²) in [6.45, 7) is 3.02. The first-order valence-electron chi connectivity index (χ1n) is 11.0. The summed E-state index contributed by atoms with van der Waals surface area (Å²) in [4.78, 5) is 32.2. The first kappa shape index (κ1) is 21.6. The fraction of sp³-hybridized carbons (Fsp3) is 0.320. The normalized spacial score (nSPS) is 16.9. The molecule has 1 aromatic heterocycles. The zero-order valence-corrected chi connectivity index (χ0v) is 18.5. The second-order valence-corrected chi connectivity index (χ2v) is 8.33. The molecule has 0 spiro atoms. The number of nitrogens with one attached hydrogen (secondary N) is 2. The highest BCUT2D eigenvalue weighted by atomic mass is 16.2. The molecule has 2 unspecified atom stereocenters. The molecule has 4 rings (SSSR count). The van der Waals surface area contributed by atoms with Crippen molar-refractivity contribution in [1.29, 1.82) is 0 Å². The number of aryl methyl sites for hydroxylation is 2. The van der Waals surface area contributed by atoms with Gasteiger partial charge in [-0.1, -0.05) is 42.5 Å². The van der Waals surface area contributed by atoms with Crippen molar-refractivity contribution < 1.29 is 9.59 Å². The van der Waals surface area contributed by atoms with E-state index in [4.69, 9.17) is 0 Å². The molecule has 0 bridgehead atoms. The minimum Gasteiger partial charge on any atom is -0.342 e. The smallest absolute Gasteiger partial charge is 0.321 e. The molecule has 1 aliphatic heterocycles. The number of benzene rings is 2. The number of hydrogen-bond donors (Lipinski definition) is 2. The minimum absolute atomic E-state index is 0.0603. The summed E-state index contributed by atoms with van der Waals surface area (Å²) in [7, 11) is 1.92. The number of aromatic nitrogens is 2. The van der Waals surface area contributed by atoms with Crippen LogP contribution in [0.5, 0.6) is 0 Å². The van der Waals surface area contributed by atoms with Crippen LogP contribution in [0.2, 0.25) is 0 Å². The van der Waals surface area contributed by atoms with Crippen LogP contribution < -0.4 is 10.6 Å². The number of hydrogen-bond acceptors (Lipinski definition) is 3. The molecule has 0 saturated carbocycles. The lowest BCUT2D eigenvalue weighted by atomic mass is 9.96. The Morgan fingerprint density at radius 2 is 1.94 bits per heavy atom. The highest BCUT2D eigenvalue weighted by molar-refractivity contribution is 5.90. The maximum Gasteiger partial charge on any atom is 0.321 e. The monoisotopic (exact) mass is 431 g/mol. The second-order valence-electron chi connectivity index (χ2n) is 8.33. The van der Waals surface area contributed by atoms with Gasteiger partial charge in [0.15, 0.2) is 0 Å². The molecule has 2 atom stereocenters. The lowest BCUT2D eigenvalue weighted by Crippen LogP contribution is -2.47. The summed E-state index contributed by atoms with van der Waals surface area (Å²) in [5.74, 6) is 0.447. The summed E-state index contributed by atoms with van der Waals surface area (Å²) < 4.78 is 1.92. The quantitative estimate of drug-likeness (QED) is 0.644. The lowest BCUT2D eigenvalue weighted by molar-refractivity contribution is -0.126. The Hall–Kier alpha value is -3.61. The number of nitrogens with zero attached hydrogens (tertiary/aromatic N) is 3. The third-order valence-electron chi connectivity index (χ3n) is 5.88. The summed E-state index contributed by atoms with van der Waals surface area (Å²) in [5.41, 5.74) is 2.82. The molecule has 3 aromatic rings. The van der Waals surface area contributed by atoms with Gasteiger partial charge >= 0.3 is 6.03 Å². The third-order valence-corrected chi connectivity index (χ3v) is 5.88. The number of carbonyl (C=O) groups is 2. The average molecular weight is 432 g/mol. The predicted octanol–water partition coefficient (Wildman–Crippen LogP) is 3.88. The maximum atomic E-state index is 13.3. The van der Waals surface area contributed by atoms with E-state index in [9.17, 15) is 9.59 Å². The van der Waals surface area contributed by atoms with Crippen LogP contribution in [0.3, 0.4) is 0 Å². The van der Waals surface area contributed by atoms with Gasteiger partial charge in [-0.05, 0) is 43.0 Å². The highest BCUT2D eigenvalue weighted by Crippen LogP contribution is 2.23. The summed E-state index contributed by atoms with van der Waals surface area (Å²) in [5, 5.41) is 6.13. The molecule has 1 saturated heterocycles. The van der Waals surface area contributed by atoms with Gasteiger partial charge in [0.25, 0.3) is 0 Å². The first-order chi connectivity index (χ1) is 15.5. The van der Waals surface area contributed by atoms with Crippen LogP contribution in [0.1, 0.15) is 35.8 Å². The van der Waals surface area contributed by atoms with Gasteiger partial charge in [-0.25, -0.2) is 9.78 Å². The number of rotatable bonds is 5. The summed E-state index contributed by atoms with van der Waals surface area (Å²) in [6, 6.07) is 17.0. The molecule has 166 valence electrons. The number of urea groups is 1. The van der Waals surface area contributed by atoms with E-state index in [1.54, 1.807) is 11.1 Å². The predicted molar refractivity (Wildman–Crippen MR) is 124 cm³/mol. The van der Waals surface area contributed by atoms with Crippen molar-refractivity contribution in [3.63, 3.8) is 0 Å². The van der Waals surface area contributed by atoms with Crippen molar-refractivity contribution in [3.8, 4) is 0 Å². The van der Waals surface area contributed by atoms with E-state index < -0.39 is 0 Å². The highest BCUT2D eigenvalue weighted by Gasteiger charge is 2.31. The Balaban J connectivity index is 1.45. The van der Waals surface area contributed by atoms with Crippen LogP contribution in [-0.2, 0) is 11.8 Å². The number of anilines is 1. The van der Waals surface area contributed by atoms with Gasteiger partial charge in [-0.15, -0.1) is 0 Å². The van der Waals surface area contributed by atoms with Gasteiger partial charge in [-0.3, -0.25) is 4.79 Å². The van der Waals surface area contributed by atoms with Gasteiger partial charge in [0, 0.05) is 38.2 Å². The standard InChI is InChI=1S/C25H29N5O2/c1-18-8-6-12-21(16-18)27-25(32)30-14-7-11-20(17-30)24(31)28-22(19-9-4-3-5-10-19)23-26-13-15-29(23)2/h3-6,8-10,12-13,15-16,20,22H,7,11,14,17H2,1-2H3,(H,27,32)(H,28,31). The van der Waals surface area contributed by atoms with E-state index >= 15 is 0 Å². The van der Waals surface area contributed by atoms with E-state index in [0.717, 1.165) is 35.5 Å². The van der Waals surface area contributed by atoms with Crippen LogP contribution in [-0.4, -0.2) is 39.5 Å². The lowest BCUT2D eigenvalue weighted by Gasteiger charge is -2.33. The Kier molecular flexibility index (Phi) is 6.54. The van der Waals surface area contributed by atoms with Crippen LogP contribution in [0, 0.1) is 12.8 Å². The van der Waals surface area contributed by atoms with Gasteiger partial charge in [0.05, 0.1) is 5.92 Å². The molecule has 7 heteroatoms. The molecule has 0 aliphatic carbocycles. The molecule has 2 N–H and O–H groups in total. The first-order valence-corrected chi connectivity index (χ1v) is 11.0. The Morgan fingerprint density at radius 1 is 1.12 bits per heavy atom. The third kappa shape index (κ3) is 4.99. The van der Waals surface area contributed by atoms with E-state index in [0.29, 0.717) is 13.1 Å². The van der Waals surface area contributed by atoms with E-state index in [1.807, 2.05) is 79.3 Å². The zero-order chi connectivity index (χ0) is 22.5. The number of piperidine rings is 1. The zero-order valence-electron chi connectivity index (χ0n) is 18.5. The fourth-order valence-electron chi connectivity index (χ4n) is 4.16. The maximum absolute atomic E-state index is 13.3. The summed E-state index contributed by atoms with van der Waals surface area (Å²) in [6.07, 6.45) is 5.14. The van der Waals surface area contributed by atoms with Crippen molar-refractivity contribution in [2.24, 2.45) is 13.0 Å². The topological polar surface area (TPSA) is 79.3 Å². The molecular weight excluding hydrogens is 402 g/mol. The molecule has 1 fully saturated rings. The van der Waals surface area contributed by atoms with Crippen LogP contribution in [0.25, 0.3) is 0 Å².